The van der Waals surface area contributed by atoms with E-state index in [2.05, 4.69) is 29.6 Å². The molecule has 2 aromatic rings. The summed E-state index contributed by atoms with van der Waals surface area (Å²) in [5.74, 6) is 0.0383. The van der Waals surface area contributed by atoms with Crippen LogP contribution in [0.4, 0.5) is 0 Å². The molecule has 2 rings (SSSR count). The lowest BCUT2D eigenvalue weighted by Crippen LogP contribution is -2.40. The van der Waals surface area contributed by atoms with Gasteiger partial charge in [-0.2, -0.15) is 0 Å². The molecule has 0 saturated carbocycles. The highest BCUT2D eigenvalue weighted by molar-refractivity contribution is 5.77. The van der Waals surface area contributed by atoms with E-state index >= 15 is 0 Å². The van der Waals surface area contributed by atoms with Gasteiger partial charge in [-0.1, -0.05) is 60.7 Å². The summed E-state index contributed by atoms with van der Waals surface area (Å²) in [4.78, 5) is 28.2. The number of benzene rings is 2. The maximum absolute atomic E-state index is 12.6. The van der Waals surface area contributed by atoms with Crippen LogP contribution in [0.1, 0.15) is 30.4 Å². The Morgan fingerprint density at radius 3 is 1.86 bits per heavy atom. The molecule has 2 amide bonds. The van der Waals surface area contributed by atoms with Gasteiger partial charge in [0.15, 0.2) is 0 Å². The Morgan fingerprint density at radius 2 is 1.39 bits per heavy atom. The summed E-state index contributed by atoms with van der Waals surface area (Å²) in [6, 6.07) is 20.2. The molecule has 0 aliphatic rings. The van der Waals surface area contributed by atoms with E-state index in [0.29, 0.717) is 26.1 Å². The molecule has 0 saturated heterocycles. The SMILES string of the molecule is CC(=O)N(CCNC(=O)CC(c1ccccc1)c1ccccc1)CCN(C)C. The zero-order valence-electron chi connectivity index (χ0n) is 17.1. The lowest BCUT2D eigenvalue weighted by Gasteiger charge is -2.23. The fourth-order valence-corrected chi connectivity index (χ4v) is 3.13. The van der Waals surface area contributed by atoms with Crippen molar-refractivity contribution in [2.75, 3.05) is 40.3 Å². The minimum Gasteiger partial charge on any atom is -0.354 e. The largest absolute Gasteiger partial charge is 0.354 e. The van der Waals surface area contributed by atoms with Gasteiger partial charge in [0.1, 0.15) is 0 Å². The smallest absolute Gasteiger partial charge is 0.221 e. The van der Waals surface area contributed by atoms with Crippen molar-refractivity contribution in [2.24, 2.45) is 0 Å². The highest BCUT2D eigenvalue weighted by Gasteiger charge is 2.18. The van der Waals surface area contributed by atoms with Crippen molar-refractivity contribution in [1.29, 1.82) is 0 Å². The number of hydrogen-bond acceptors (Lipinski definition) is 3. The molecule has 5 heteroatoms. The zero-order valence-corrected chi connectivity index (χ0v) is 17.1. The molecule has 5 nitrogen and oxygen atoms in total. The van der Waals surface area contributed by atoms with Crippen molar-refractivity contribution >= 4 is 11.8 Å². The summed E-state index contributed by atoms with van der Waals surface area (Å²) in [5.41, 5.74) is 2.25. The molecule has 0 unspecified atom stereocenters. The number of nitrogens with one attached hydrogen (secondary N) is 1. The van der Waals surface area contributed by atoms with E-state index in [1.165, 1.54) is 0 Å². The van der Waals surface area contributed by atoms with Gasteiger partial charge in [-0.15, -0.1) is 0 Å². The van der Waals surface area contributed by atoms with Crippen molar-refractivity contribution in [1.82, 2.24) is 15.1 Å². The number of amides is 2. The highest BCUT2D eigenvalue weighted by Crippen LogP contribution is 2.27. The summed E-state index contributed by atoms with van der Waals surface area (Å²) < 4.78 is 0. The average Bonchev–Trinajstić information content (AvgIpc) is 2.69. The molecule has 2 aromatic carbocycles. The van der Waals surface area contributed by atoms with Crippen LogP contribution in [0.25, 0.3) is 0 Å². The van der Waals surface area contributed by atoms with Crippen molar-refractivity contribution in [2.45, 2.75) is 19.3 Å². The summed E-state index contributed by atoms with van der Waals surface area (Å²) in [6.45, 7) is 4.02. The topological polar surface area (TPSA) is 52.7 Å². The van der Waals surface area contributed by atoms with Crippen LogP contribution in [-0.2, 0) is 9.59 Å². The molecule has 0 atom stereocenters. The second-order valence-corrected chi connectivity index (χ2v) is 7.24. The molecule has 0 radical (unpaired) electrons. The number of hydrogen-bond donors (Lipinski definition) is 1. The lowest BCUT2D eigenvalue weighted by atomic mass is 9.88. The van der Waals surface area contributed by atoms with Gasteiger partial charge in [-0.25, -0.2) is 0 Å². The van der Waals surface area contributed by atoms with Crippen molar-refractivity contribution in [3.8, 4) is 0 Å². The lowest BCUT2D eigenvalue weighted by molar-refractivity contribution is -0.129. The van der Waals surface area contributed by atoms with Crippen LogP contribution in [0.15, 0.2) is 60.7 Å². The van der Waals surface area contributed by atoms with E-state index in [-0.39, 0.29) is 17.7 Å². The summed E-state index contributed by atoms with van der Waals surface area (Å²) >= 11 is 0. The predicted octanol–water partition coefficient (Wildman–Crippen LogP) is 2.73. The van der Waals surface area contributed by atoms with Crippen LogP contribution in [0.3, 0.4) is 0 Å². The Balaban J connectivity index is 1.94. The summed E-state index contributed by atoms with van der Waals surface area (Å²) in [7, 11) is 3.96. The summed E-state index contributed by atoms with van der Waals surface area (Å²) in [6.07, 6.45) is 0.381. The Labute approximate surface area is 168 Å². The van der Waals surface area contributed by atoms with Gasteiger partial charge in [0.25, 0.3) is 0 Å². The number of carbonyl (C=O) groups is 2. The normalized spacial score (nSPS) is 10.9. The molecular formula is C23H31N3O2. The van der Waals surface area contributed by atoms with Gasteiger partial charge >= 0.3 is 0 Å². The maximum Gasteiger partial charge on any atom is 0.221 e. The first kappa shape index (κ1) is 21.6. The van der Waals surface area contributed by atoms with Gasteiger partial charge in [-0.3, -0.25) is 9.59 Å². The fraction of sp³-hybridized carbons (Fsp3) is 0.391. The van der Waals surface area contributed by atoms with Gasteiger partial charge in [0, 0.05) is 45.4 Å². The molecule has 1 N–H and O–H groups in total. The molecule has 150 valence electrons. The predicted molar refractivity (Wildman–Crippen MR) is 113 cm³/mol. The highest BCUT2D eigenvalue weighted by atomic mass is 16.2. The van der Waals surface area contributed by atoms with Gasteiger partial charge in [-0.05, 0) is 25.2 Å². The third-order valence-electron chi connectivity index (χ3n) is 4.76. The quantitative estimate of drug-likeness (QED) is 0.689. The van der Waals surface area contributed by atoms with E-state index in [0.717, 1.165) is 17.7 Å². The number of rotatable bonds is 10. The Morgan fingerprint density at radius 1 is 0.857 bits per heavy atom. The van der Waals surface area contributed by atoms with E-state index in [4.69, 9.17) is 0 Å². The second-order valence-electron chi connectivity index (χ2n) is 7.24. The third-order valence-corrected chi connectivity index (χ3v) is 4.76. The van der Waals surface area contributed by atoms with Crippen LogP contribution in [0.5, 0.6) is 0 Å². The van der Waals surface area contributed by atoms with E-state index < -0.39 is 0 Å². The van der Waals surface area contributed by atoms with Crippen molar-refractivity contribution in [3.05, 3.63) is 71.8 Å². The number of carbonyl (C=O) groups excluding carboxylic acids is 2. The first-order chi connectivity index (χ1) is 13.5. The first-order valence-corrected chi connectivity index (χ1v) is 9.74. The standard InChI is InChI=1S/C23H31N3O2/c1-19(27)26(17-16-25(2)3)15-14-24-23(28)18-22(20-10-6-4-7-11-20)21-12-8-5-9-13-21/h4-13,22H,14-18H2,1-3H3,(H,24,28). The average molecular weight is 382 g/mol. The summed E-state index contributed by atoms with van der Waals surface area (Å²) in [5, 5.41) is 2.98. The van der Waals surface area contributed by atoms with Crippen LogP contribution in [0.2, 0.25) is 0 Å². The van der Waals surface area contributed by atoms with Crippen LogP contribution in [-0.4, -0.2) is 61.9 Å². The van der Waals surface area contributed by atoms with E-state index in [9.17, 15) is 9.59 Å². The minimum atomic E-state index is -0.00572. The van der Waals surface area contributed by atoms with E-state index in [1.54, 1.807) is 11.8 Å². The monoisotopic (exact) mass is 381 g/mol. The molecule has 0 aromatic heterocycles. The molecule has 0 bridgehead atoms. The molecule has 28 heavy (non-hydrogen) atoms. The van der Waals surface area contributed by atoms with Gasteiger partial charge < -0.3 is 15.1 Å². The molecular weight excluding hydrogens is 350 g/mol. The fourth-order valence-electron chi connectivity index (χ4n) is 3.13. The molecule has 0 spiro atoms. The van der Waals surface area contributed by atoms with Crippen LogP contribution >= 0.6 is 0 Å². The Hall–Kier alpha value is -2.66. The van der Waals surface area contributed by atoms with Crippen LogP contribution in [0, 0.1) is 0 Å². The van der Waals surface area contributed by atoms with Crippen molar-refractivity contribution in [3.63, 3.8) is 0 Å². The third kappa shape index (κ3) is 7.16. The maximum atomic E-state index is 12.6. The zero-order chi connectivity index (χ0) is 20.4. The molecule has 0 heterocycles. The Bertz CT molecular complexity index is 693. The molecule has 0 aliphatic carbocycles. The number of nitrogens with zero attached hydrogens (tertiary/aromatic N) is 2. The van der Waals surface area contributed by atoms with E-state index in [1.807, 2.05) is 55.4 Å². The minimum absolute atomic E-state index is 0.00572. The Kier molecular flexibility index (Phi) is 8.69. The first-order valence-electron chi connectivity index (χ1n) is 9.74. The number of likely N-dealkylation sites (N-methyl/N-ethyl adjacent to an activating group) is 1. The van der Waals surface area contributed by atoms with Crippen LogP contribution < -0.4 is 5.32 Å². The molecule has 0 fully saturated rings. The van der Waals surface area contributed by atoms with Gasteiger partial charge in [0.2, 0.25) is 11.8 Å². The van der Waals surface area contributed by atoms with Gasteiger partial charge in [0.05, 0.1) is 0 Å². The second kappa shape index (κ2) is 11.2. The molecule has 0 aliphatic heterocycles. The van der Waals surface area contributed by atoms with Crippen molar-refractivity contribution < 1.29 is 9.59 Å².